The fourth-order valence-corrected chi connectivity index (χ4v) is 2.40. The van der Waals surface area contributed by atoms with E-state index in [4.69, 9.17) is 4.42 Å². The van der Waals surface area contributed by atoms with Gasteiger partial charge in [-0.1, -0.05) is 6.92 Å². The Bertz CT molecular complexity index is 913. The van der Waals surface area contributed by atoms with Gasteiger partial charge in [0, 0.05) is 24.2 Å². The van der Waals surface area contributed by atoms with E-state index in [0.717, 1.165) is 6.42 Å². The second-order valence-corrected chi connectivity index (χ2v) is 5.86. The highest BCUT2D eigenvalue weighted by atomic mass is 16.6. The number of benzene rings is 1. The van der Waals surface area contributed by atoms with Crippen molar-refractivity contribution < 1.29 is 14.1 Å². The zero-order valence-electron chi connectivity index (χ0n) is 14.4. The van der Waals surface area contributed by atoms with Crippen LogP contribution in [0.3, 0.4) is 0 Å². The second kappa shape index (κ2) is 7.22. The van der Waals surface area contributed by atoms with Crippen LogP contribution in [-0.2, 0) is 0 Å². The SMILES string of the molecule is CCC(C)NC(=O)c1cc(-c2ccco2)nn1-c1ccc([N+](=O)[O-])cc1. The monoisotopic (exact) mass is 354 g/mol. The molecule has 0 aliphatic carbocycles. The molecule has 0 spiro atoms. The van der Waals surface area contributed by atoms with Gasteiger partial charge in [0.15, 0.2) is 5.76 Å². The molecule has 0 saturated heterocycles. The van der Waals surface area contributed by atoms with Gasteiger partial charge in [0.05, 0.1) is 16.9 Å². The van der Waals surface area contributed by atoms with Crippen LogP contribution in [0.25, 0.3) is 17.1 Å². The van der Waals surface area contributed by atoms with Crippen LogP contribution in [0.4, 0.5) is 5.69 Å². The third-order valence-electron chi connectivity index (χ3n) is 4.01. The molecule has 1 aromatic carbocycles. The lowest BCUT2D eigenvalue weighted by Gasteiger charge is -2.12. The quantitative estimate of drug-likeness (QED) is 0.538. The van der Waals surface area contributed by atoms with Crippen molar-refractivity contribution in [3.63, 3.8) is 0 Å². The van der Waals surface area contributed by atoms with Crippen molar-refractivity contribution >= 4 is 11.6 Å². The van der Waals surface area contributed by atoms with Gasteiger partial charge < -0.3 is 9.73 Å². The first-order chi connectivity index (χ1) is 12.5. The van der Waals surface area contributed by atoms with Crippen molar-refractivity contribution in [1.29, 1.82) is 0 Å². The molecule has 2 aromatic heterocycles. The number of furan rings is 1. The molecule has 3 rings (SSSR count). The van der Waals surface area contributed by atoms with Crippen molar-refractivity contribution in [3.8, 4) is 17.1 Å². The third kappa shape index (κ3) is 3.49. The van der Waals surface area contributed by atoms with Gasteiger partial charge in [0.1, 0.15) is 11.4 Å². The smallest absolute Gasteiger partial charge is 0.270 e. The van der Waals surface area contributed by atoms with Crippen LogP contribution in [0.15, 0.2) is 53.1 Å². The molecule has 0 radical (unpaired) electrons. The summed E-state index contributed by atoms with van der Waals surface area (Å²) in [5.74, 6) is 0.256. The lowest BCUT2D eigenvalue weighted by molar-refractivity contribution is -0.384. The molecule has 1 N–H and O–H groups in total. The van der Waals surface area contributed by atoms with Gasteiger partial charge >= 0.3 is 0 Å². The Labute approximate surface area is 149 Å². The topological polar surface area (TPSA) is 103 Å². The Morgan fingerprint density at radius 1 is 1.35 bits per heavy atom. The second-order valence-electron chi connectivity index (χ2n) is 5.86. The largest absolute Gasteiger partial charge is 0.463 e. The summed E-state index contributed by atoms with van der Waals surface area (Å²) in [6.45, 7) is 3.89. The van der Waals surface area contributed by atoms with Crippen LogP contribution in [0.1, 0.15) is 30.8 Å². The van der Waals surface area contributed by atoms with Crippen LogP contribution in [0, 0.1) is 10.1 Å². The average molecular weight is 354 g/mol. The van der Waals surface area contributed by atoms with E-state index >= 15 is 0 Å². The first-order valence-corrected chi connectivity index (χ1v) is 8.19. The third-order valence-corrected chi connectivity index (χ3v) is 4.01. The van der Waals surface area contributed by atoms with Crippen LogP contribution in [0.2, 0.25) is 0 Å². The number of rotatable bonds is 6. The Morgan fingerprint density at radius 2 is 2.08 bits per heavy atom. The highest BCUT2D eigenvalue weighted by molar-refractivity contribution is 5.94. The van der Waals surface area contributed by atoms with Crippen molar-refractivity contribution in [2.24, 2.45) is 0 Å². The molecular formula is C18H18N4O4. The van der Waals surface area contributed by atoms with Crippen molar-refractivity contribution in [1.82, 2.24) is 15.1 Å². The van der Waals surface area contributed by atoms with Crippen LogP contribution in [-0.4, -0.2) is 26.7 Å². The number of nitro groups is 1. The molecule has 0 aliphatic rings. The summed E-state index contributed by atoms with van der Waals surface area (Å²) < 4.78 is 6.82. The molecular weight excluding hydrogens is 336 g/mol. The molecule has 2 heterocycles. The minimum Gasteiger partial charge on any atom is -0.463 e. The fourth-order valence-electron chi connectivity index (χ4n) is 2.40. The van der Waals surface area contributed by atoms with E-state index in [9.17, 15) is 14.9 Å². The van der Waals surface area contributed by atoms with E-state index in [1.165, 1.54) is 23.1 Å². The Hall–Kier alpha value is -3.42. The summed E-state index contributed by atoms with van der Waals surface area (Å²) in [5.41, 5.74) is 1.34. The summed E-state index contributed by atoms with van der Waals surface area (Å²) in [6, 6.07) is 11.0. The van der Waals surface area contributed by atoms with Crippen molar-refractivity contribution in [2.75, 3.05) is 0 Å². The number of nitro benzene ring substituents is 1. The molecule has 0 fully saturated rings. The average Bonchev–Trinajstić information content (AvgIpc) is 3.31. The van der Waals surface area contributed by atoms with Gasteiger partial charge in [0.2, 0.25) is 0 Å². The molecule has 1 amide bonds. The fraction of sp³-hybridized carbons (Fsp3) is 0.222. The summed E-state index contributed by atoms with van der Waals surface area (Å²) in [4.78, 5) is 23.0. The van der Waals surface area contributed by atoms with E-state index in [0.29, 0.717) is 22.8 Å². The van der Waals surface area contributed by atoms with Gasteiger partial charge in [-0.3, -0.25) is 14.9 Å². The van der Waals surface area contributed by atoms with Gasteiger partial charge in [-0.2, -0.15) is 5.10 Å². The van der Waals surface area contributed by atoms with E-state index in [-0.39, 0.29) is 17.6 Å². The lowest BCUT2D eigenvalue weighted by atomic mass is 10.2. The molecule has 0 aliphatic heterocycles. The summed E-state index contributed by atoms with van der Waals surface area (Å²) in [7, 11) is 0. The van der Waals surface area contributed by atoms with Gasteiger partial charge in [-0.15, -0.1) is 0 Å². The first kappa shape index (κ1) is 17.4. The molecule has 26 heavy (non-hydrogen) atoms. The van der Waals surface area contributed by atoms with Gasteiger partial charge in [-0.25, -0.2) is 4.68 Å². The minimum atomic E-state index is -0.475. The van der Waals surface area contributed by atoms with Gasteiger partial charge in [-0.05, 0) is 37.6 Å². The van der Waals surface area contributed by atoms with Crippen LogP contribution < -0.4 is 5.32 Å². The maximum atomic E-state index is 12.7. The normalized spacial score (nSPS) is 11.9. The standard InChI is InChI=1S/C18H18N4O4/c1-3-12(2)19-18(23)16-11-15(17-5-4-10-26-17)20-21(16)13-6-8-14(9-7-13)22(24)25/h4-12H,3H2,1-2H3,(H,19,23). The number of carbonyl (C=O) groups is 1. The van der Waals surface area contributed by atoms with Gasteiger partial charge in [0.25, 0.3) is 11.6 Å². The molecule has 1 unspecified atom stereocenters. The zero-order valence-corrected chi connectivity index (χ0v) is 14.4. The number of hydrogen-bond donors (Lipinski definition) is 1. The van der Waals surface area contributed by atoms with E-state index in [2.05, 4.69) is 10.4 Å². The number of aromatic nitrogens is 2. The Kier molecular flexibility index (Phi) is 4.83. The highest BCUT2D eigenvalue weighted by Gasteiger charge is 2.20. The number of hydrogen-bond acceptors (Lipinski definition) is 5. The lowest BCUT2D eigenvalue weighted by Crippen LogP contribution is -2.33. The summed E-state index contributed by atoms with van der Waals surface area (Å²) >= 11 is 0. The van der Waals surface area contributed by atoms with Crippen LogP contribution >= 0.6 is 0 Å². The zero-order chi connectivity index (χ0) is 18.7. The predicted molar refractivity (Wildman–Crippen MR) is 95.1 cm³/mol. The predicted octanol–water partition coefficient (Wildman–Crippen LogP) is 3.57. The molecule has 0 saturated carbocycles. The van der Waals surface area contributed by atoms with E-state index in [1.54, 1.807) is 30.3 Å². The molecule has 1 atom stereocenters. The Balaban J connectivity index is 2.04. The van der Waals surface area contributed by atoms with Crippen molar-refractivity contribution in [2.45, 2.75) is 26.3 Å². The van der Waals surface area contributed by atoms with Crippen LogP contribution in [0.5, 0.6) is 0 Å². The summed E-state index contributed by atoms with van der Waals surface area (Å²) in [6.07, 6.45) is 2.32. The van der Waals surface area contributed by atoms with E-state index in [1.807, 2.05) is 13.8 Å². The molecule has 8 nitrogen and oxygen atoms in total. The number of carbonyl (C=O) groups excluding carboxylic acids is 1. The number of amides is 1. The number of nitrogens with one attached hydrogen (secondary N) is 1. The molecule has 3 aromatic rings. The van der Waals surface area contributed by atoms with Crippen molar-refractivity contribution in [3.05, 3.63) is 64.5 Å². The maximum Gasteiger partial charge on any atom is 0.270 e. The first-order valence-electron chi connectivity index (χ1n) is 8.19. The number of non-ortho nitro benzene ring substituents is 1. The molecule has 8 heteroatoms. The Morgan fingerprint density at radius 3 is 2.65 bits per heavy atom. The summed E-state index contributed by atoms with van der Waals surface area (Å²) in [5, 5.41) is 18.2. The molecule has 134 valence electrons. The number of nitrogens with zero attached hydrogens (tertiary/aromatic N) is 3. The molecule has 0 bridgehead atoms. The minimum absolute atomic E-state index is 0.00905. The maximum absolute atomic E-state index is 12.7. The highest BCUT2D eigenvalue weighted by Crippen LogP contribution is 2.23. The van der Waals surface area contributed by atoms with E-state index < -0.39 is 4.92 Å².